The number of anilines is 1. The molecule has 3 nitrogen and oxygen atoms in total. The smallest absolute Gasteiger partial charge is 0.272 e. The molecule has 0 fully saturated rings. The quantitative estimate of drug-likeness (QED) is 0.789. The number of ether oxygens (including phenoxy) is 1. The van der Waals surface area contributed by atoms with Gasteiger partial charge in [0, 0.05) is 25.3 Å². The molecule has 84 valence electrons. The molecular formula is C10H14F2N2O. The van der Waals surface area contributed by atoms with Gasteiger partial charge < -0.3 is 15.8 Å². The lowest BCUT2D eigenvalue weighted by molar-refractivity contribution is 0.0819. The van der Waals surface area contributed by atoms with Gasteiger partial charge in [0.25, 0.3) is 6.43 Å². The Bertz CT molecular complexity index is 296. The summed E-state index contributed by atoms with van der Waals surface area (Å²) in [7, 11) is 1.74. The van der Waals surface area contributed by atoms with Crippen molar-refractivity contribution < 1.29 is 13.5 Å². The molecule has 0 aliphatic rings. The summed E-state index contributed by atoms with van der Waals surface area (Å²) in [5, 5.41) is 2.91. The molecule has 5 heteroatoms. The van der Waals surface area contributed by atoms with Crippen molar-refractivity contribution >= 4 is 5.69 Å². The Labute approximate surface area is 87.2 Å². The van der Waals surface area contributed by atoms with Crippen molar-refractivity contribution in [2.24, 2.45) is 5.73 Å². The van der Waals surface area contributed by atoms with E-state index in [1.54, 1.807) is 19.2 Å². The molecule has 0 radical (unpaired) electrons. The van der Waals surface area contributed by atoms with Crippen LogP contribution in [0.15, 0.2) is 18.2 Å². The van der Waals surface area contributed by atoms with E-state index in [9.17, 15) is 8.78 Å². The minimum atomic E-state index is -2.47. The fourth-order valence-electron chi connectivity index (χ4n) is 1.17. The van der Waals surface area contributed by atoms with Crippen LogP contribution in [0.3, 0.4) is 0 Å². The number of halogens is 2. The highest BCUT2D eigenvalue weighted by molar-refractivity contribution is 5.50. The van der Waals surface area contributed by atoms with Crippen molar-refractivity contribution in [3.63, 3.8) is 0 Å². The van der Waals surface area contributed by atoms with E-state index in [1.165, 1.54) is 0 Å². The Hall–Kier alpha value is -1.36. The third-order valence-electron chi connectivity index (χ3n) is 1.87. The van der Waals surface area contributed by atoms with Crippen LogP contribution >= 0.6 is 0 Å². The lowest BCUT2D eigenvalue weighted by Crippen LogP contribution is -2.08. The fourth-order valence-corrected chi connectivity index (χ4v) is 1.17. The number of rotatable bonds is 5. The van der Waals surface area contributed by atoms with Gasteiger partial charge in [0.2, 0.25) is 0 Å². The summed E-state index contributed by atoms with van der Waals surface area (Å²) in [5.74, 6) is 0.405. The summed E-state index contributed by atoms with van der Waals surface area (Å²) in [6.07, 6.45) is -2.47. The third-order valence-corrected chi connectivity index (χ3v) is 1.87. The Morgan fingerprint density at radius 3 is 2.67 bits per heavy atom. The van der Waals surface area contributed by atoms with Crippen LogP contribution in [-0.2, 0) is 6.54 Å². The number of benzene rings is 1. The van der Waals surface area contributed by atoms with Gasteiger partial charge >= 0.3 is 0 Å². The zero-order valence-electron chi connectivity index (χ0n) is 8.47. The number of alkyl halides is 2. The van der Waals surface area contributed by atoms with Gasteiger partial charge in [-0.2, -0.15) is 0 Å². The highest BCUT2D eigenvalue weighted by Crippen LogP contribution is 2.20. The Balaban J connectivity index is 2.77. The van der Waals surface area contributed by atoms with E-state index >= 15 is 0 Å². The number of hydrogen-bond donors (Lipinski definition) is 2. The molecule has 0 aliphatic heterocycles. The third kappa shape index (κ3) is 3.71. The molecule has 1 aromatic rings. The zero-order chi connectivity index (χ0) is 11.3. The van der Waals surface area contributed by atoms with Gasteiger partial charge in [-0.1, -0.05) is 0 Å². The van der Waals surface area contributed by atoms with Crippen LogP contribution in [0.4, 0.5) is 14.5 Å². The molecular weight excluding hydrogens is 202 g/mol. The van der Waals surface area contributed by atoms with Crippen molar-refractivity contribution in [1.29, 1.82) is 0 Å². The normalized spacial score (nSPS) is 10.5. The van der Waals surface area contributed by atoms with Gasteiger partial charge in [0.15, 0.2) is 0 Å². The molecule has 15 heavy (non-hydrogen) atoms. The predicted octanol–water partition coefficient (Wildman–Crippen LogP) is 1.83. The predicted molar refractivity (Wildman–Crippen MR) is 55.4 cm³/mol. The number of hydrogen-bond acceptors (Lipinski definition) is 3. The molecule has 0 aromatic heterocycles. The maximum Gasteiger partial charge on any atom is 0.272 e. The first kappa shape index (κ1) is 11.7. The molecule has 0 saturated heterocycles. The van der Waals surface area contributed by atoms with Crippen molar-refractivity contribution in [1.82, 2.24) is 0 Å². The minimum Gasteiger partial charge on any atom is -0.488 e. The average Bonchev–Trinajstić information content (AvgIpc) is 2.25. The SMILES string of the molecule is CNc1cc(CN)cc(OCC(F)F)c1. The topological polar surface area (TPSA) is 47.3 Å². The molecule has 0 saturated carbocycles. The van der Waals surface area contributed by atoms with Crippen LogP contribution in [0.25, 0.3) is 0 Å². The van der Waals surface area contributed by atoms with Crippen LogP contribution in [0.1, 0.15) is 5.56 Å². The Morgan fingerprint density at radius 1 is 1.40 bits per heavy atom. The highest BCUT2D eigenvalue weighted by Gasteiger charge is 2.05. The monoisotopic (exact) mass is 216 g/mol. The lowest BCUT2D eigenvalue weighted by Gasteiger charge is -2.09. The summed E-state index contributed by atoms with van der Waals surface area (Å²) in [4.78, 5) is 0. The van der Waals surface area contributed by atoms with Crippen LogP contribution in [0.2, 0.25) is 0 Å². The second-order valence-corrected chi connectivity index (χ2v) is 3.02. The van der Waals surface area contributed by atoms with Crippen LogP contribution in [-0.4, -0.2) is 20.1 Å². The van der Waals surface area contributed by atoms with Crippen molar-refractivity contribution in [3.05, 3.63) is 23.8 Å². The minimum absolute atomic E-state index is 0.348. The van der Waals surface area contributed by atoms with Crippen molar-refractivity contribution in [2.75, 3.05) is 19.0 Å². The number of nitrogens with one attached hydrogen (secondary N) is 1. The molecule has 0 aliphatic carbocycles. The first-order valence-corrected chi connectivity index (χ1v) is 4.58. The lowest BCUT2D eigenvalue weighted by atomic mass is 10.2. The van der Waals surface area contributed by atoms with Crippen LogP contribution in [0.5, 0.6) is 5.75 Å². The highest BCUT2D eigenvalue weighted by atomic mass is 19.3. The summed E-state index contributed by atoms with van der Waals surface area (Å²) in [6, 6.07) is 5.15. The van der Waals surface area contributed by atoms with E-state index < -0.39 is 13.0 Å². The summed E-state index contributed by atoms with van der Waals surface area (Å²) < 4.78 is 28.7. The van der Waals surface area contributed by atoms with E-state index in [4.69, 9.17) is 10.5 Å². The molecule has 0 amide bonds. The fraction of sp³-hybridized carbons (Fsp3) is 0.400. The molecule has 0 bridgehead atoms. The van der Waals surface area contributed by atoms with E-state index in [0.717, 1.165) is 11.3 Å². The van der Waals surface area contributed by atoms with Gasteiger partial charge in [0.1, 0.15) is 12.4 Å². The number of nitrogens with two attached hydrogens (primary N) is 1. The first-order valence-electron chi connectivity index (χ1n) is 4.58. The molecule has 1 aromatic carbocycles. The van der Waals surface area contributed by atoms with Gasteiger partial charge in [-0.05, 0) is 17.7 Å². The van der Waals surface area contributed by atoms with E-state index in [0.29, 0.717) is 12.3 Å². The summed E-state index contributed by atoms with van der Waals surface area (Å²) >= 11 is 0. The molecule has 0 atom stereocenters. The van der Waals surface area contributed by atoms with Gasteiger partial charge in [0.05, 0.1) is 0 Å². The molecule has 0 unspecified atom stereocenters. The van der Waals surface area contributed by atoms with Gasteiger partial charge in [-0.3, -0.25) is 0 Å². The molecule has 1 rings (SSSR count). The second kappa shape index (κ2) is 5.50. The van der Waals surface area contributed by atoms with Gasteiger partial charge in [-0.15, -0.1) is 0 Å². The van der Waals surface area contributed by atoms with Crippen LogP contribution < -0.4 is 15.8 Å². The average molecular weight is 216 g/mol. The molecule has 0 heterocycles. The maximum atomic E-state index is 11.9. The Morgan fingerprint density at radius 2 is 2.13 bits per heavy atom. The second-order valence-electron chi connectivity index (χ2n) is 3.02. The Kier molecular flexibility index (Phi) is 4.30. The first-order chi connectivity index (χ1) is 7.15. The molecule has 0 spiro atoms. The zero-order valence-corrected chi connectivity index (χ0v) is 8.47. The summed E-state index contributed by atoms with van der Waals surface area (Å²) in [5.41, 5.74) is 7.10. The van der Waals surface area contributed by atoms with Crippen molar-refractivity contribution in [3.8, 4) is 5.75 Å². The largest absolute Gasteiger partial charge is 0.488 e. The van der Waals surface area contributed by atoms with E-state index in [1.807, 2.05) is 6.07 Å². The van der Waals surface area contributed by atoms with Crippen molar-refractivity contribution in [2.45, 2.75) is 13.0 Å². The molecule has 3 N–H and O–H groups in total. The van der Waals surface area contributed by atoms with E-state index in [-0.39, 0.29) is 0 Å². The van der Waals surface area contributed by atoms with Gasteiger partial charge in [-0.25, -0.2) is 8.78 Å². The maximum absolute atomic E-state index is 11.9. The standard InChI is InChI=1S/C10H14F2N2O/c1-14-8-2-7(5-13)3-9(4-8)15-6-10(11)12/h2-4,10,14H,5-6,13H2,1H3. The van der Waals surface area contributed by atoms with Crippen LogP contribution in [0, 0.1) is 0 Å². The summed E-state index contributed by atoms with van der Waals surface area (Å²) in [6.45, 7) is -0.252. The van der Waals surface area contributed by atoms with E-state index in [2.05, 4.69) is 5.32 Å².